The quantitative estimate of drug-likeness (QED) is 0.675. The van der Waals surface area contributed by atoms with E-state index in [0.717, 1.165) is 5.56 Å². The van der Waals surface area contributed by atoms with Crippen LogP contribution in [-0.4, -0.2) is 27.4 Å². The van der Waals surface area contributed by atoms with Crippen LogP contribution in [0, 0.1) is 0 Å². The predicted octanol–water partition coefficient (Wildman–Crippen LogP) is 3.96. The Bertz CT molecular complexity index is 1040. The maximum Gasteiger partial charge on any atom is 0.318 e. The van der Waals surface area contributed by atoms with E-state index in [0.29, 0.717) is 33.3 Å². The van der Waals surface area contributed by atoms with Gasteiger partial charge in [-0.3, -0.25) is 4.79 Å². The van der Waals surface area contributed by atoms with Crippen LogP contribution in [0.2, 0.25) is 10.0 Å². The molecule has 0 atom stereocenters. The van der Waals surface area contributed by atoms with Crippen molar-refractivity contribution in [3.8, 4) is 0 Å². The Kier molecular flexibility index (Phi) is 5.98. The Hall–Kier alpha value is -2.57. The SMILES string of the molecule is CCN(Cc1nc2ccccc2c(=O)[nH]1)C(=O)NCc1ccc(Cl)cc1Cl. The van der Waals surface area contributed by atoms with Gasteiger partial charge >= 0.3 is 6.03 Å². The van der Waals surface area contributed by atoms with Crippen LogP contribution in [0.5, 0.6) is 0 Å². The number of nitrogens with zero attached hydrogens (tertiary/aromatic N) is 2. The van der Waals surface area contributed by atoms with Crippen molar-refractivity contribution in [3.05, 3.63) is 74.3 Å². The molecule has 0 saturated heterocycles. The molecule has 0 aliphatic carbocycles. The minimum absolute atomic E-state index is 0.191. The summed E-state index contributed by atoms with van der Waals surface area (Å²) in [7, 11) is 0. The van der Waals surface area contributed by atoms with Gasteiger partial charge in [0, 0.05) is 23.1 Å². The molecule has 0 aliphatic heterocycles. The summed E-state index contributed by atoms with van der Waals surface area (Å²) in [5, 5.41) is 4.37. The fourth-order valence-electron chi connectivity index (χ4n) is 2.67. The monoisotopic (exact) mass is 404 g/mol. The van der Waals surface area contributed by atoms with Crippen LogP contribution in [0.3, 0.4) is 0 Å². The lowest BCUT2D eigenvalue weighted by molar-refractivity contribution is 0.196. The van der Waals surface area contributed by atoms with Crippen molar-refractivity contribution in [1.82, 2.24) is 20.2 Å². The number of aromatic amines is 1. The number of urea groups is 1. The molecule has 0 unspecified atom stereocenters. The number of carbonyl (C=O) groups is 1. The third-order valence-corrected chi connectivity index (χ3v) is 4.70. The molecule has 8 heteroatoms. The molecule has 1 aromatic heterocycles. The molecule has 0 aliphatic rings. The van der Waals surface area contributed by atoms with Crippen molar-refractivity contribution in [2.75, 3.05) is 6.54 Å². The summed E-state index contributed by atoms with van der Waals surface area (Å²) in [4.78, 5) is 33.4. The lowest BCUT2D eigenvalue weighted by atomic mass is 10.2. The predicted molar refractivity (Wildman–Crippen MR) is 107 cm³/mol. The van der Waals surface area contributed by atoms with E-state index in [9.17, 15) is 9.59 Å². The van der Waals surface area contributed by atoms with Crippen molar-refractivity contribution >= 4 is 40.1 Å². The van der Waals surface area contributed by atoms with Gasteiger partial charge in [0.05, 0.1) is 17.4 Å². The number of halogens is 2. The number of nitrogens with one attached hydrogen (secondary N) is 2. The molecule has 2 amide bonds. The Morgan fingerprint density at radius 2 is 2.00 bits per heavy atom. The number of aromatic nitrogens is 2. The van der Waals surface area contributed by atoms with Crippen molar-refractivity contribution in [2.24, 2.45) is 0 Å². The molecule has 0 fully saturated rings. The molecular formula is C19H18Cl2N4O2. The largest absolute Gasteiger partial charge is 0.334 e. The van der Waals surface area contributed by atoms with Crippen LogP contribution < -0.4 is 10.9 Å². The third kappa shape index (κ3) is 4.59. The minimum atomic E-state index is -0.278. The lowest BCUT2D eigenvalue weighted by Gasteiger charge is -2.21. The topological polar surface area (TPSA) is 78.1 Å². The zero-order chi connectivity index (χ0) is 19.4. The summed E-state index contributed by atoms with van der Waals surface area (Å²) in [6.07, 6.45) is 0. The summed E-state index contributed by atoms with van der Waals surface area (Å²) in [5.41, 5.74) is 1.14. The van der Waals surface area contributed by atoms with Gasteiger partial charge < -0.3 is 15.2 Å². The fraction of sp³-hybridized carbons (Fsp3) is 0.211. The van der Waals surface area contributed by atoms with Crippen LogP contribution in [0.4, 0.5) is 4.79 Å². The van der Waals surface area contributed by atoms with E-state index in [1.807, 2.05) is 13.0 Å². The average molecular weight is 405 g/mol. The molecule has 140 valence electrons. The number of hydrogen-bond acceptors (Lipinski definition) is 3. The first-order valence-electron chi connectivity index (χ1n) is 8.42. The molecule has 0 spiro atoms. The summed E-state index contributed by atoms with van der Waals surface area (Å²) in [5.74, 6) is 0.431. The number of para-hydroxylation sites is 1. The number of hydrogen-bond donors (Lipinski definition) is 2. The van der Waals surface area contributed by atoms with Crippen molar-refractivity contribution in [1.29, 1.82) is 0 Å². The number of carbonyl (C=O) groups excluding carboxylic acids is 1. The van der Waals surface area contributed by atoms with Gasteiger partial charge in [-0.05, 0) is 36.8 Å². The standard InChI is InChI=1S/C19H18Cl2N4O2/c1-2-25(19(27)22-10-12-7-8-13(20)9-15(12)21)11-17-23-16-6-4-3-5-14(16)18(26)24-17/h3-9H,2,10-11H2,1H3,(H,22,27)(H,23,24,26). The summed E-state index contributed by atoms with van der Waals surface area (Å²) in [6.45, 7) is 2.77. The molecule has 27 heavy (non-hydrogen) atoms. The van der Waals surface area contributed by atoms with Gasteiger partial charge in [-0.15, -0.1) is 0 Å². The maximum absolute atomic E-state index is 12.5. The minimum Gasteiger partial charge on any atom is -0.334 e. The van der Waals surface area contributed by atoms with Crippen LogP contribution in [0.25, 0.3) is 10.9 Å². The molecule has 6 nitrogen and oxygen atoms in total. The third-order valence-electron chi connectivity index (χ3n) is 4.12. The highest BCUT2D eigenvalue weighted by molar-refractivity contribution is 6.35. The summed E-state index contributed by atoms with van der Waals surface area (Å²) < 4.78 is 0. The summed E-state index contributed by atoms with van der Waals surface area (Å²) >= 11 is 12.0. The van der Waals surface area contributed by atoms with Crippen molar-refractivity contribution < 1.29 is 4.79 Å². The molecule has 3 aromatic rings. The van der Waals surface area contributed by atoms with Gasteiger partial charge in [0.25, 0.3) is 5.56 Å². The highest BCUT2D eigenvalue weighted by Crippen LogP contribution is 2.20. The molecule has 0 bridgehead atoms. The van der Waals surface area contributed by atoms with Gasteiger partial charge in [0.1, 0.15) is 5.82 Å². The Morgan fingerprint density at radius 3 is 2.74 bits per heavy atom. The molecule has 3 rings (SSSR count). The number of fused-ring (bicyclic) bond motifs is 1. The van der Waals surface area contributed by atoms with E-state index in [1.165, 1.54) is 0 Å². The normalized spacial score (nSPS) is 10.8. The van der Waals surface area contributed by atoms with E-state index in [4.69, 9.17) is 23.2 Å². The van der Waals surface area contributed by atoms with E-state index in [1.54, 1.807) is 41.3 Å². The maximum atomic E-state index is 12.5. The van der Waals surface area contributed by atoms with Gasteiger partial charge in [0.2, 0.25) is 0 Å². The molecule has 1 heterocycles. The Labute approximate surface area is 166 Å². The zero-order valence-corrected chi connectivity index (χ0v) is 16.1. The number of benzene rings is 2. The molecule has 0 radical (unpaired) electrons. The van der Waals surface area contributed by atoms with Gasteiger partial charge in [-0.1, -0.05) is 41.4 Å². The smallest absolute Gasteiger partial charge is 0.318 e. The first kappa shape index (κ1) is 19.2. The fourth-order valence-corrected chi connectivity index (χ4v) is 3.14. The van der Waals surface area contributed by atoms with Crippen LogP contribution in [0.1, 0.15) is 18.3 Å². The van der Waals surface area contributed by atoms with Crippen LogP contribution >= 0.6 is 23.2 Å². The molecule has 2 N–H and O–H groups in total. The van der Waals surface area contributed by atoms with E-state index < -0.39 is 0 Å². The Balaban J connectivity index is 1.71. The number of rotatable bonds is 5. The van der Waals surface area contributed by atoms with E-state index in [2.05, 4.69) is 15.3 Å². The second kappa shape index (κ2) is 8.41. The second-order valence-electron chi connectivity index (χ2n) is 5.94. The van der Waals surface area contributed by atoms with Crippen LogP contribution in [-0.2, 0) is 13.1 Å². The molecule has 0 saturated carbocycles. The van der Waals surface area contributed by atoms with Gasteiger partial charge in [-0.2, -0.15) is 0 Å². The first-order valence-corrected chi connectivity index (χ1v) is 9.18. The highest BCUT2D eigenvalue weighted by atomic mass is 35.5. The lowest BCUT2D eigenvalue weighted by Crippen LogP contribution is -2.39. The van der Waals surface area contributed by atoms with Crippen molar-refractivity contribution in [2.45, 2.75) is 20.0 Å². The zero-order valence-electron chi connectivity index (χ0n) is 14.6. The average Bonchev–Trinajstić information content (AvgIpc) is 2.65. The van der Waals surface area contributed by atoms with E-state index >= 15 is 0 Å². The number of amides is 2. The first-order chi connectivity index (χ1) is 13.0. The number of H-pyrrole nitrogens is 1. The van der Waals surface area contributed by atoms with Gasteiger partial charge in [0.15, 0.2) is 0 Å². The summed E-state index contributed by atoms with van der Waals surface area (Å²) in [6, 6.07) is 11.9. The van der Waals surface area contributed by atoms with Crippen molar-refractivity contribution in [3.63, 3.8) is 0 Å². The van der Waals surface area contributed by atoms with E-state index in [-0.39, 0.29) is 24.7 Å². The Morgan fingerprint density at radius 1 is 1.22 bits per heavy atom. The van der Waals surface area contributed by atoms with Crippen LogP contribution in [0.15, 0.2) is 47.3 Å². The molecular weight excluding hydrogens is 387 g/mol. The highest BCUT2D eigenvalue weighted by Gasteiger charge is 2.14. The second-order valence-corrected chi connectivity index (χ2v) is 6.78. The molecule has 2 aromatic carbocycles. The van der Waals surface area contributed by atoms with Gasteiger partial charge in [-0.25, -0.2) is 9.78 Å².